The monoisotopic (exact) mass is 229 g/mol. The number of hydrogen-bond donors (Lipinski definition) is 1. The lowest BCUT2D eigenvalue weighted by Crippen LogP contribution is -2.08. The summed E-state index contributed by atoms with van der Waals surface area (Å²) in [6, 6.07) is 0. The Morgan fingerprint density at radius 2 is 2.20 bits per heavy atom. The highest BCUT2D eigenvalue weighted by atomic mass is 32.2. The van der Waals surface area contributed by atoms with Crippen molar-refractivity contribution >= 4 is 17.7 Å². The van der Waals surface area contributed by atoms with Crippen molar-refractivity contribution in [1.82, 2.24) is 14.8 Å². The highest BCUT2D eigenvalue weighted by Crippen LogP contribution is 2.17. The van der Waals surface area contributed by atoms with Crippen LogP contribution in [0.5, 0.6) is 0 Å². The third-order valence-electron chi connectivity index (χ3n) is 1.77. The van der Waals surface area contributed by atoms with E-state index in [9.17, 15) is 4.79 Å². The molecule has 0 bridgehead atoms. The molecule has 84 valence electrons. The molecule has 1 heterocycles. The van der Waals surface area contributed by atoms with E-state index >= 15 is 0 Å². The summed E-state index contributed by atoms with van der Waals surface area (Å²) in [5.74, 6) is 0.508. The van der Waals surface area contributed by atoms with Gasteiger partial charge in [0.1, 0.15) is 5.82 Å². The van der Waals surface area contributed by atoms with E-state index in [1.165, 1.54) is 11.8 Å². The smallest absolute Gasteiger partial charge is 0.313 e. The molecule has 0 saturated carbocycles. The highest BCUT2D eigenvalue weighted by Gasteiger charge is 2.11. The van der Waals surface area contributed by atoms with Crippen molar-refractivity contribution in [2.24, 2.45) is 5.92 Å². The van der Waals surface area contributed by atoms with E-state index in [1.54, 1.807) is 0 Å². The highest BCUT2D eigenvalue weighted by molar-refractivity contribution is 7.99. The van der Waals surface area contributed by atoms with Crippen molar-refractivity contribution in [3.05, 3.63) is 5.82 Å². The number of carboxylic acid groups (broad SMARTS) is 1. The first kappa shape index (κ1) is 12.0. The molecule has 0 atom stereocenters. The summed E-state index contributed by atoms with van der Waals surface area (Å²) in [5.41, 5.74) is 0. The maximum absolute atomic E-state index is 10.4. The zero-order valence-electron chi connectivity index (χ0n) is 9.10. The molecule has 1 N–H and O–H groups in total. The molecule has 0 unspecified atom stereocenters. The average molecular weight is 229 g/mol. The number of thioether (sulfide) groups is 1. The first-order chi connectivity index (χ1) is 7.00. The Morgan fingerprint density at radius 3 is 2.73 bits per heavy atom. The van der Waals surface area contributed by atoms with E-state index in [-0.39, 0.29) is 5.75 Å². The predicted octanol–water partition coefficient (Wildman–Crippen LogP) is 1.42. The van der Waals surface area contributed by atoms with Crippen LogP contribution in [-0.2, 0) is 11.3 Å². The van der Waals surface area contributed by atoms with Crippen molar-refractivity contribution in [3.63, 3.8) is 0 Å². The second-order valence-corrected chi connectivity index (χ2v) is 4.66. The maximum Gasteiger partial charge on any atom is 0.313 e. The van der Waals surface area contributed by atoms with Gasteiger partial charge in [-0.25, -0.2) is 0 Å². The van der Waals surface area contributed by atoms with Gasteiger partial charge in [-0.05, 0) is 12.8 Å². The number of hydrogen-bond acceptors (Lipinski definition) is 4. The van der Waals surface area contributed by atoms with Crippen LogP contribution in [-0.4, -0.2) is 31.6 Å². The van der Waals surface area contributed by atoms with Crippen LogP contribution in [0.15, 0.2) is 5.16 Å². The largest absolute Gasteiger partial charge is 0.481 e. The molecule has 0 saturated heterocycles. The van der Waals surface area contributed by atoms with Gasteiger partial charge in [-0.2, -0.15) is 0 Å². The summed E-state index contributed by atoms with van der Waals surface area (Å²) >= 11 is 1.21. The van der Waals surface area contributed by atoms with E-state index in [1.807, 2.05) is 11.5 Å². The average Bonchev–Trinajstić information content (AvgIpc) is 2.44. The molecular formula is C9H15N3O2S. The number of nitrogens with zero attached hydrogens (tertiary/aromatic N) is 3. The van der Waals surface area contributed by atoms with Crippen molar-refractivity contribution in [2.75, 3.05) is 5.75 Å². The van der Waals surface area contributed by atoms with Crippen LogP contribution in [0.3, 0.4) is 0 Å². The molecule has 15 heavy (non-hydrogen) atoms. The van der Waals surface area contributed by atoms with Gasteiger partial charge in [-0.1, -0.05) is 25.6 Å². The van der Waals surface area contributed by atoms with Crippen LogP contribution >= 0.6 is 11.8 Å². The van der Waals surface area contributed by atoms with Crippen molar-refractivity contribution in [3.8, 4) is 0 Å². The van der Waals surface area contributed by atoms with Gasteiger partial charge in [0.25, 0.3) is 0 Å². The van der Waals surface area contributed by atoms with Gasteiger partial charge < -0.3 is 9.67 Å². The van der Waals surface area contributed by atoms with E-state index in [2.05, 4.69) is 24.0 Å². The number of aryl methyl sites for hydroxylation is 1. The van der Waals surface area contributed by atoms with Crippen LogP contribution < -0.4 is 0 Å². The van der Waals surface area contributed by atoms with E-state index < -0.39 is 5.97 Å². The van der Waals surface area contributed by atoms with Gasteiger partial charge in [-0.15, -0.1) is 10.2 Å². The summed E-state index contributed by atoms with van der Waals surface area (Å²) in [5, 5.41) is 17.2. The number of carbonyl (C=O) groups is 1. The van der Waals surface area contributed by atoms with Gasteiger partial charge in [0, 0.05) is 6.54 Å². The quantitative estimate of drug-likeness (QED) is 0.773. The predicted molar refractivity (Wildman–Crippen MR) is 58.0 cm³/mol. The maximum atomic E-state index is 10.4. The lowest BCUT2D eigenvalue weighted by Gasteiger charge is -2.09. The van der Waals surface area contributed by atoms with Crippen LogP contribution in [0.2, 0.25) is 0 Å². The molecule has 1 rings (SSSR count). The minimum atomic E-state index is -0.836. The molecule has 0 aliphatic heterocycles. The Hall–Kier alpha value is -1.04. The number of aliphatic carboxylic acids is 1. The fraction of sp³-hybridized carbons (Fsp3) is 0.667. The van der Waals surface area contributed by atoms with Gasteiger partial charge in [0.2, 0.25) is 0 Å². The first-order valence-electron chi connectivity index (χ1n) is 4.75. The van der Waals surface area contributed by atoms with Crippen molar-refractivity contribution in [1.29, 1.82) is 0 Å². The molecule has 1 aromatic heterocycles. The minimum absolute atomic E-state index is 0.0240. The van der Waals surface area contributed by atoms with Gasteiger partial charge in [0.05, 0.1) is 5.75 Å². The molecule has 0 aliphatic carbocycles. The Labute approximate surface area is 92.9 Å². The summed E-state index contributed by atoms with van der Waals surface area (Å²) in [6.07, 6.45) is 0. The summed E-state index contributed by atoms with van der Waals surface area (Å²) < 4.78 is 1.96. The van der Waals surface area contributed by atoms with Crippen LogP contribution in [0, 0.1) is 12.8 Å². The molecular weight excluding hydrogens is 214 g/mol. The fourth-order valence-electron chi connectivity index (χ4n) is 1.17. The molecule has 1 aromatic rings. The third-order valence-corrected chi connectivity index (χ3v) is 2.73. The van der Waals surface area contributed by atoms with E-state index in [0.29, 0.717) is 11.1 Å². The zero-order chi connectivity index (χ0) is 11.4. The normalized spacial score (nSPS) is 10.9. The number of aromatic nitrogens is 3. The molecule has 0 spiro atoms. The number of rotatable bonds is 5. The lowest BCUT2D eigenvalue weighted by atomic mass is 10.2. The lowest BCUT2D eigenvalue weighted by molar-refractivity contribution is -0.133. The van der Waals surface area contributed by atoms with Gasteiger partial charge in [0.15, 0.2) is 5.16 Å². The Bertz CT molecular complexity index is 349. The second-order valence-electron chi connectivity index (χ2n) is 3.72. The molecule has 0 amide bonds. The Balaban J connectivity index is 2.74. The molecule has 0 fully saturated rings. The minimum Gasteiger partial charge on any atom is -0.481 e. The fourth-order valence-corrected chi connectivity index (χ4v) is 1.88. The van der Waals surface area contributed by atoms with Crippen LogP contribution in [0.25, 0.3) is 0 Å². The molecule has 0 aliphatic rings. The van der Waals surface area contributed by atoms with Crippen LogP contribution in [0.1, 0.15) is 19.7 Å². The van der Waals surface area contributed by atoms with Crippen LogP contribution in [0.4, 0.5) is 0 Å². The van der Waals surface area contributed by atoms with Gasteiger partial charge >= 0.3 is 5.97 Å². The molecule has 6 heteroatoms. The molecule has 0 radical (unpaired) electrons. The van der Waals surface area contributed by atoms with Gasteiger partial charge in [-0.3, -0.25) is 4.79 Å². The van der Waals surface area contributed by atoms with E-state index in [4.69, 9.17) is 5.11 Å². The third kappa shape index (κ3) is 3.54. The van der Waals surface area contributed by atoms with Crippen molar-refractivity contribution < 1.29 is 9.90 Å². The zero-order valence-corrected chi connectivity index (χ0v) is 9.91. The first-order valence-corrected chi connectivity index (χ1v) is 5.73. The topological polar surface area (TPSA) is 68.0 Å². The number of carboxylic acids is 1. The molecule has 0 aromatic carbocycles. The standard InChI is InChI=1S/C9H15N3O2S/c1-6(2)4-12-7(3)10-11-9(12)15-5-8(13)14/h6H,4-5H2,1-3H3,(H,13,14). The second kappa shape index (κ2) is 5.16. The summed E-state index contributed by atoms with van der Waals surface area (Å²) in [7, 11) is 0. The summed E-state index contributed by atoms with van der Waals surface area (Å²) in [4.78, 5) is 10.4. The Kier molecular flexibility index (Phi) is 4.14. The van der Waals surface area contributed by atoms with Crippen molar-refractivity contribution in [2.45, 2.75) is 32.5 Å². The Morgan fingerprint density at radius 1 is 1.53 bits per heavy atom. The molecule has 5 nitrogen and oxygen atoms in total. The SMILES string of the molecule is Cc1nnc(SCC(=O)O)n1CC(C)C. The van der Waals surface area contributed by atoms with E-state index in [0.717, 1.165) is 12.4 Å². The summed E-state index contributed by atoms with van der Waals surface area (Å²) in [6.45, 7) is 6.90.